The summed E-state index contributed by atoms with van der Waals surface area (Å²) in [5.74, 6) is 2.17. The Hall–Kier alpha value is -2.08. The lowest BCUT2D eigenvalue weighted by Crippen LogP contribution is -2.08. The number of methoxy groups -OCH3 is 2. The van der Waals surface area contributed by atoms with Crippen LogP contribution < -0.4 is 15.2 Å². The van der Waals surface area contributed by atoms with Crippen LogP contribution in [0.15, 0.2) is 24.5 Å². The average molecular weight is 248 g/mol. The van der Waals surface area contributed by atoms with Crippen molar-refractivity contribution in [2.24, 2.45) is 5.73 Å². The number of aromatic nitrogens is 3. The predicted octanol–water partition coefficient (Wildman–Crippen LogP) is 0.802. The van der Waals surface area contributed by atoms with Crippen LogP contribution in [0.1, 0.15) is 11.4 Å². The van der Waals surface area contributed by atoms with Crippen LogP contribution >= 0.6 is 0 Å². The summed E-state index contributed by atoms with van der Waals surface area (Å²) in [4.78, 5) is 0. The molecule has 0 unspecified atom stereocenters. The second-order valence-electron chi connectivity index (χ2n) is 3.77. The van der Waals surface area contributed by atoms with E-state index in [0.29, 0.717) is 24.6 Å². The molecule has 0 atom stereocenters. The van der Waals surface area contributed by atoms with Gasteiger partial charge in [0.15, 0.2) is 11.5 Å². The molecule has 6 nitrogen and oxygen atoms in total. The third kappa shape index (κ3) is 2.43. The van der Waals surface area contributed by atoms with Gasteiger partial charge in [0.2, 0.25) is 0 Å². The fraction of sp³-hybridized carbons (Fsp3) is 0.333. The quantitative estimate of drug-likeness (QED) is 0.847. The highest BCUT2D eigenvalue weighted by Crippen LogP contribution is 2.27. The number of ether oxygens (including phenoxy) is 2. The van der Waals surface area contributed by atoms with Crippen LogP contribution in [0.5, 0.6) is 11.5 Å². The van der Waals surface area contributed by atoms with Crippen molar-refractivity contribution in [3.05, 3.63) is 35.9 Å². The summed E-state index contributed by atoms with van der Waals surface area (Å²) in [5, 5.41) is 7.78. The van der Waals surface area contributed by atoms with E-state index in [0.717, 1.165) is 11.4 Å². The first-order chi connectivity index (χ1) is 8.78. The summed E-state index contributed by atoms with van der Waals surface area (Å²) in [5.41, 5.74) is 6.65. The van der Waals surface area contributed by atoms with Crippen molar-refractivity contribution < 1.29 is 9.47 Å². The van der Waals surface area contributed by atoms with Gasteiger partial charge in [-0.1, -0.05) is 6.07 Å². The van der Waals surface area contributed by atoms with E-state index in [-0.39, 0.29) is 0 Å². The van der Waals surface area contributed by atoms with Crippen LogP contribution in [0.25, 0.3) is 0 Å². The van der Waals surface area contributed by atoms with Crippen LogP contribution in [0.3, 0.4) is 0 Å². The molecule has 0 spiro atoms. The van der Waals surface area contributed by atoms with E-state index in [1.54, 1.807) is 20.5 Å². The minimum absolute atomic E-state index is 0.368. The second kappa shape index (κ2) is 5.50. The maximum Gasteiger partial charge on any atom is 0.161 e. The van der Waals surface area contributed by atoms with Gasteiger partial charge < -0.3 is 19.8 Å². The van der Waals surface area contributed by atoms with Crippen LogP contribution in [0, 0.1) is 0 Å². The Labute approximate surface area is 105 Å². The number of hydrogen-bond acceptors (Lipinski definition) is 5. The molecule has 1 aromatic carbocycles. The molecule has 0 aliphatic heterocycles. The molecule has 0 fully saturated rings. The Bertz CT molecular complexity index is 525. The van der Waals surface area contributed by atoms with Crippen LogP contribution in [0.4, 0.5) is 0 Å². The second-order valence-corrected chi connectivity index (χ2v) is 3.77. The van der Waals surface area contributed by atoms with Crippen molar-refractivity contribution >= 4 is 0 Å². The molecule has 0 saturated heterocycles. The standard InChI is InChI=1S/C12H16N4O2/c1-17-10-4-3-9(5-11(10)18-2)7-16-8-14-15-12(16)6-13/h3-5,8H,6-7,13H2,1-2H3. The smallest absolute Gasteiger partial charge is 0.161 e. The third-order valence-electron chi connectivity index (χ3n) is 2.68. The van der Waals surface area contributed by atoms with Crippen LogP contribution in [0.2, 0.25) is 0 Å². The maximum atomic E-state index is 5.58. The zero-order valence-corrected chi connectivity index (χ0v) is 10.5. The first-order valence-corrected chi connectivity index (χ1v) is 5.56. The largest absolute Gasteiger partial charge is 0.493 e. The molecular formula is C12H16N4O2. The monoisotopic (exact) mass is 248 g/mol. The van der Waals surface area contributed by atoms with Crippen molar-refractivity contribution in [2.45, 2.75) is 13.1 Å². The van der Waals surface area contributed by atoms with Gasteiger partial charge in [-0.3, -0.25) is 0 Å². The van der Waals surface area contributed by atoms with Gasteiger partial charge in [-0.05, 0) is 17.7 Å². The van der Waals surface area contributed by atoms with E-state index in [4.69, 9.17) is 15.2 Å². The molecule has 2 rings (SSSR count). The van der Waals surface area contributed by atoms with E-state index in [1.807, 2.05) is 22.8 Å². The number of benzene rings is 1. The van der Waals surface area contributed by atoms with Crippen molar-refractivity contribution in [1.82, 2.24) is 14.8 Å². The fourth-order valence-electron chi connectivity index (χ4n) is 1.74. The first-order valence-electron chi connectivity index (χ1n) is 5.56. The number of nitrogens with zero attached hydrogens (tertiary/aromatic N) is 3. The van der Waals surface area contributed by atoms with Crippen molar-refractivity contribution in [1.29, 1.82) is 0 Å². The molecule has 0 radical (unpaired) electrons. The van der Waals surface area contributed by atoms with E-state index in [1.165, 1.54) is 0 Å². The Morgan fingerprint density at radius 3 is 2.67 bits per heavy atom. The van der Waals surface area contributed by atoms with E-state index >= 15 is 0 Å². The molecule has 0 saturated carbocycles. The number of nitrogens with two attached hydrogens (primary N) is 1. The molecule has 1 heterocycles. The zero-order valence-electron chi connectivity index (χ0n) is 10.5. The fourth-order valence-corrected chi connectivity index (χ4v) is 1.74. The predicted molar refractivity (Wildman–Crippen MR) is 66.6 cm³/mol. The zero-order chi connectivity index (χ0) is 13.0. The minimum atomic E-state index is 0.368. The summed E-state index contributed by atoms with van der Waals surface area (Å²) < 4.78 is 12.4. The normalized spacial score (nSPS) is 10.4. The van der Waals surface area contributed by atoms with Gasteiger partial charge in [-0.2, -0.15) is 0 Å². The molecular weight excluding hydrogens is 232 g/mol. The molecule has 6 heteroatoms. The molecule has 1 aromatic heterocycles. The molecule has 18 heavy (non-hydrogen) atoms. The Kier molecular flexibility index (Phi) is 3.78. The summed E-state index contributed by atoms with van der Waals surface area (Å²) in [6.07, 6.45) is 1.67. The average Bonchev–Trinajstić information content (AvgIpc) is 2.85. The third-order valence-corrected chi connectivity index (χ3v) is 2.68. The molecule has 0 amide bonds. The van der Waals surface area contributed by atoms with Gasteiger partial charge in [0, 0.05) is 0 Å². The van der Waals surface area contributed by atoms with Crippen molar-refractivity contribution in [3.8, 4) is 11.5 Å². The van der Waals surface area contributed by atoms with E-state index in [2.05, 4.69) is 10.2 Å². The number of hydrogen-bond donors (Lipinski definition) is 1. The number of rotatable bonds is 5. The van der Waals surface area contributed by atoms with Crippen LogP contribution in [-0.2, 0) is 13.1 Å². The van der Waals surface area contributed by atoms with Gasteiger partial charge in [0.1, 0.15) is 12.2 Å². The van der Waals surface area contributed by atoms with E-state index < -0.39 is 0 Å². The topological polar surface area (TPSA) is 75.2 Å². The highest BCUT2D eigenvalue weighted by Gasteiger charge is 2.07. The van der Waals surface area contributed by atoms with Gasteiger partial charge in [-0.15, -0.1) is 10.2 Å². The lowest BCUT2D eigenvalue weighted by Gasteiger charge is -2.10. The lowest BCUT2D eigenvalue weighted by molar-refractivity contribution is 0.354. The van der Waals surface area contributed by atoms with Gasteiger partial charge >= 0.3 is 0 Å². The molecule has 96 valence electrons. The molecule has 2 aromatic rings. The van der Waals surface area contributed by atoms with Gasteiger partial charge in [0.05, 0.1) is 27.3 Å². The Balaban J connectivity index is 2.24. The molecule has 0 bridgehead atoms. The molecule has 0 aliphatic rings. The minimum Gasteiger partial charge on any atom is -0.493 e. The Morgan fingerprint density at radius 1 is 1.22 bits per heavy atom. The summed E-state index contributed by atoms with van der Waals surface area (Å²) in [6, 6.07) is 5.78. The van der Waals surface area contributed by atoms with Crippen molar-refractivity contribution in [3.63, 3.8) is 0 Å². The highest BCUT2D eigenvalue weighted by atomic mass is 16.5. The molecule has 0 aliphatic carbocycles. The van der Waals surface area contributed by atoms with E-state index in [9.17, 15) is 0 Å². The Morgan fingerprint density at radius 2 is 2.00 bits per heavy atom. The van der Waals surface area contributed by atoms with Gasteiger partial charge in [0.25, 0.3) is 0 Å². The lowest BCUT2D eigenvalue weighted by atomic mass is 10.2. The summed E-state index contributed by atoms with van der Waals surface area (Å²) in [6.45, 7) is 1.02. The summed E-state index contributed by atoms with van der Waals surface area (Å²) in [7, 11) is 3.23. The van der Waals surface area contributed by atoms with Crippen molar-refractivity contribution in [2.75, 3.05) is 14.2 Å². The van der Waals surface area contributed by atoms with Gasteiger partial charge in [-0.25, -0.2) is 0 Å². The maximum absolute atomic E-state index is 5.58. The highest BCUT2D eigenvalue weighted by molar-refractivity contribution is 5.42. The molecule has 2 N–H and O–H groups in total. The first kappa shape index (κ1) is 12.4. The summed E-state index contributed by atoms with van der Waals surface area (Å²) >= 11 is 0. The van der Waals surface area contributed by atoms with Crippen LogP contribution in [-0.4, -0.2) is 29.0 Å². The SMILES string of the molecule is COc1ccc(Cn2cnnc2CN)cc1OC.